The zero-order valence-electron chi connectivity index (χ0n) is 6.14. The Labute approximate surface area is 79.8 Å². The monoisotopic (exact) mass is 199 g/mol. The Morgan fingerprint density at radius 2 is 2.25 bits per heavy atom. The first-order valence-corrected chi connectivity index (χ1v) is 4.68. The average Bonchev–Trinajstić information content (AvgIpc) is 2.16. The van der Waals surface area contributed by atoms with Gasteiger partial charge in [0.05, 0.1) is 6.07 Å². The van der Waals surface area contributed by atoms with Crippen LogP contribution in [-0.4, -0.2) is 21.1 Å². The third-order valence-electron chi connectivity index (χ3n) is 1.04. The first-order valence-electron chi connectivity index (χ1n) is 3.26. The van der Waals surface area contributed by atoms with Gasteiger partial charge in [0.15, 0.2) is 5.16 Å². The minimum Gasteiger partial charge on any atom is -0.231 e. The van der Waals surface area contributed by atoms with Gasteiger partial charge in [-0.2, -0.15) is 5.26 Å². The number of hydrogen-bond acceptors (Lipinski definition) is 4. The van der Waals surface area contributed by atoms with Gasteiger partial charge in [0.2, 0.25) is 0 Å². The van der Waals surface area contributed by atoms with Crippen LogP contribution in [0.15, 0.2) is 23.6 Å². The molecule has 12 heavy (non-hydrogen) atoms. The maximum atomic E-state index is 8.38. The molecule has 3 nitrogen and oxygen atoms in total. The fraction of sp³-hybridized carbons (Fsp3) is 0.286. The summed E-state index contributed by atoms with van der Waals surface area (Å²) in [6, 6.07) is 3.67. The molecular formula is C7H6ClN3S. The summed E-state index contributed by atoms with van der Waals surface area (Å²) in [5.74, 6) is 0.516. The van der Waals surface area contributed by atoms with E-state index in [9.17, 15) is 0 Å². The van der Waals surface area contributed by atoms with Crippen LogP contribution in [0, 0.1) is 11.3 Å². The van der Waals surface area contributed by atoms with E-state index in [2.05, 4.69) is 9.97 Å². The molecule has 1 heterocycles. The van der Waals surface area contributed by atoms with Crippen molar-refractivity contribution in [3.63, 3.8) is 0 Å². The van der Waals surface area contributed by atoms with Crippen molar-refractivity contribution in [1.82, 2.24) is 9.97 Å². The number of hydrogen-bond donors (Lipinski definition) is 0. The summed E-state index contributed by atoms with van der Waals surface area (Å²) in [7, 11) is 0. The highest BCUT2D eigenvalue weighted by atomic mass is 35.5. The molecule has 0 aliphatic carbocycles. The average molecular weight is 200 g/mol. The Hall–Kier alpha value is -0.790. The lowest BCUT2D eigenvalue weighted by Crippen LogP contribution is -1.98. The van der Waals surface area contributed by atoms with E-state index < -0.39 is 5.38 Å². The first kappa shape index (κ1) is 9.30. The summed E-state index contributed by atoms with van der Waals surface area (Å²) in [6.07, 6.45) is 3.32. The maximum absolute atomic E-state index is 8.38. The van der Waals surface area contributed by atoms with Crippen LogP contribution in [-0.2, 0) is 0 Å². The molecule has 1 aromatic rings. The van der Waals surface area contributed by atoms with Gasteiger partial charge in [-0.1, -0.05) is 11.8 Å². The topological polar surface area (TPSA) is 49.6 Å². The summed E-state index contributed by atoms with van der Waals surface area (Å²) in [5.41, 5.74) is 0. The molecule has 0 aliphatic rings. The third kappa shape index (κ3) is 3.07. The molecule has 0 spiro atoms. The van der Waals surface area contributed by atoms with E-state index in [0.29, 0.717) is 10.9 Å². The predicted octanol–water partition coefficient (Wildman–Crippen LogP) is 1.70. The van der Waals surface area contributed by atoms with Crippen molar-refractivity contribution in [3.8, 4) is 6.07 Å². The van der Waals surface area contributed by atoms with Gasteiger partial charge in [0.1, 0.15) is 5.38 Å². The molecule has 1 atom stereocenters. The standard InChI is InChI=1S/C7H6ClN3S/c8-6(4-9)5-12-7-10-2-1-3-11-7/h1-3,6H,5H2. The summed E-state index contributed by atoms with van der Waals surface area (Å²) >= 11 is 6.95. The van der Waals surface area contributed by atoms with E-state index in [-0.39, 0.29) is 0 Å². The van der Waals surface area contributed by atoms with Crippen molar-refractivity contribution in [1.29, 1.82) is 5.26 Å². The number of thioether (sulfide) groups is 1. The molecule has 1 aromatic heterocycles. The van der Waals surface area contributed by atoms with Crippen molar-refractivity contribution in [2.24, 2.45) is 0 Å². The lowest BCUT2D eigenvalue weighted by Gasteiger charge is -1.97. The van der Waals surface area contributed by atoms with Crippen LogP contribution in [0.1, 0.15) is 0 Å². The summed E-state index contributed by atoms with van der Waals surface area (Å²) < 4.78 is 0. The van der Waals surface area contributed by atoms with E-state index in [0.717, 1.165) is 0 Å². The van der Waals surface area contributed by atoms with Gasteiger partial charge < -0.3 is 0 Å². The summed E-state index contributed by atoms with van der Waals surface area (Å²) in [6.45, 7) is 0. The molecule has 5 heteroatoms. The predicted molar refractivity (Wildman–Crippen MR) is 48.0 cm³/mol. The molecular weight excluding hydrogens is 194 g/mol. The van der Waals surface area contributed by atoms with Crippen molar-refractivity contribution in [3.05, 3.63) is 18.5 Å². The van der Waals surface area contributed by atoms with Gasteiger partial charge in [-0.25, -0.2) is 9.97 Å². The molecule has 0 aliphatic heterocycles. The Bertz CT molecular complexity index is 272. The second kappa shape index (κ2) is 4.96. The second-order valence-corrected chi connectivity index (χ2v) is 3.45. The van der Waals surface area contributed by atoms with Crippen LogP contribution >= 0.6 is 23.4 Å². The van der Waals surface area contributed by atoms with Crippen LogP contribution in [0.25, 0.3) is 0 Å². The Morgan fingerprint density at radius 3 is 2.83 bits per heavy atom. The van der Waals surface area contributed by atoms with Crippen LogP contribution in [0.3, 0.4) is 0 Å². The van der Waals surface area contributed by atoms with E-state index in [4.69, 9.17) is 16.9 Å². The van der Waals surface area contributed by atoms with Gasteiger partial charge in [-0.15, -0.1) is 11.6 Å². The lowest BCUT2D eigenvalue weighted by atomic mass is 10.5. The van der Waals surface area contributed by atoms with E-state index in [1.165, 1.54) is 11.8 Å². The number of nitrogens with zero attached hydrogens (tertiary/aromatic N) is 3. The SMILES string of the molecule is N#CC(Cl)CSc1ncccn1. The van der Waals surface area contributed by atoms with Crippen LogP contribution < -0.4 is 0 Å². The number of rotatable bonds is 3. The lowest BCUT2D eigenvalue weighted by molar-refractivity contribution is 0.965. The molecule has 62 valence electrons. The van der Waals surface area contributed by atoms with Crippen LogP contribution in [0.2, 0.25) is 0 Å². The van der Waals surface area contributed by atoms with Crippen molar-refractivity contribution in [2.45, 2.75) is 10.5 Å². The van der Waals surface area contributed by atoms with Crippen LogP contribution in [0.5, 0.6) is 0 Å². The molecule has 1 rings (SSSR count). The highest BCUT2D eigenvalue weighted by Gasteiger charge is 2.03. The third-order valence-corrected chi connectivity index (χ3v) is 2.44. The zero-order chi connectivity index (χ0) is 8.81. The highest BCUT2D eigenvalue weighted by Crippen LogP contribution is 2.14. The minimum atomic E-state index is -0.473. The van der Waals surface area contributed by atoms with Crippen molar-refractivity contribution >= 4 is 23.4 Å². The molecule has 1 unspecified atom stereocenters. The van der Waals surface area contributed by atoms with Gasteiger partial charge in [-0.3, -0.25) is 0 Å². The molecule has 0 fully saturated rings. The molecule has 0 radical (unpaired) electrons. The molecule has 0 saturated carbocycles. The van der Waals surface area contributed by atoms with E-state index in [1.54, 1.807) is 18.5 Å². The molecule has 0 bridgehead atoms. The smallest absolute Gasteiger partial charge is 0.187 e. The summed E-state index contributed by atoms with van der Waals surface area (Å²) in [4.78, 5) is 7.94. The number of aromatic nitrogens is 2. The first-order chi connectivity index (χ1) is 5.83. The Kier molecular flexibility index (Phi) is 3.85. The Balaban J connectivity index is 2.40. The van der Waals surface area contributed by atoms with Crippen molar-refractivity contribution in [2.75, 3.05) is 5.75 Å². The van der Waals surface area contributed by atoms with Gasteiger partial charge in [-0.05, 0) is 6.07 Å². The van der Waals surface area contributed by atoms with Crippen LogP contribution in [0.4, 0.5) is 0 Å². The quantitative estimate of drug-likeness (QED) is 0.423. The summed E-state index contributed by atoms with van der Waals surface area (Å²) in [5, 5.41) is 8.55. The van der Waals surface area contributed by atoms with E-state index in [1.807, 2.05) is 6.07 Å². The molecule has 0 N–H and O–H groups in total. The van der Waals surface area contributed by atoms with Crippen molar-refractivity contribution < 1.29 is 0 Å². The minimum absolute atomic E-state index is 0.473. The zero-order valence-corrected chi connectivity index (χ0v) is 7.72. The molecule has 0 aromatic carbocycles. The number of halogens is 1. The normalized spacial score (nSPS) is 12.0. The second-order valence-electron chi connectivity index (χ2n) is 1.94. The van der Waals surface area contributed by atoms with Gasteiger partial charge in [0, 0.05) is 18.1 Å². The number of nitriles is 1. The Morgan fingerprint density at radius 1 is 1.58 bits per heavy atom. The maximum Gasteiger partial charge on any atom is 0.187 e. The van der Waals surface area contributed by atoms with E-state index >= 15 is 0 Å². The molecule has 0 amide bonds. The number of alkyl halides is 1. The fourth-order valence-corrected chi connectivity index (χ4v) is 1.37. The van der Waals surface area contributed by atoms with Gasteiger partial charge in [0.25, 0.3) is 0 Å². The highest BCUT2D eigenvalue weighted by molar-refractivity contribution is 7.99. The van der Waals surface area contributed by atoms with Gasteiger partial charge >= 0.3 is 0 Å². The fourth-order valence-electron chi connectivity index (χ4n) is 0.545. The molecule has 0 saturated heterocycles. The largest absolute Gasteiger partial charge is 0.231 e.